The van der Waals surface area contributed by atoms with Crippen molar-refractivity contribution in [2.75, 3.05) is 0 Å². The molecule has 2 aliphatic rings. The quantitative estimate of drug-likeness (QED) is 0.0826. The van der Waals surface area contributed by atoms with Gasteiger partial charge in [-0.2, -0.15) is 52.7 Å². The van der Waals surface area contributed by atoms with E-state index in [1.54, 1.807) is 0 Å². The van der Waals surface area contributed by atoms with E-state index in [-0.39, 0.29) is 35.1 Å². The molecule has 2 fully saturated rings. The summed E-state index contributed by atoms with van der Waals surface area (Å²) in [6.07, 6.45) is -12.2. The Bertz CT molecular complexity index is 1990. The van der Waals surface area contributed by atoms with Crippen LogP contribution in [0.3, 0.4) is 0 Å². The molecule has 0 aromatic heterocycles. The van der Waals surface area contributed by atoms with Crippen molar-refractivity contribution < 1.29 is 69.8 Å². The summed E-state index contributed by atoms with van der Waals surface area (Å²) in [5, 5.41) is 1.72. The largest absolute Gasteiger partial charge is 0.416 e. The van der Waals surface area contributed by atoms with Crippen molar-refractivity contribution in [1.29, 1.82) is 0 Å². The van der Waals surface area contributed by atoms with Crippen molar-refractivity contribution in [3.05, 3.63) is 149 Å². The zero-order valence-electron chi connectivity index (χ0n) is 32.7. The van der Waals surface area contributed by atoms with Crippen LogP contribution in [0.5, 0.6) is 0 Å². The fourth-order valence-electron chi connectivity index (χ4n) is 8.39. The van der Waals surface area contributed by atoms with Crippen LogP contribution in [-0.2, 0) is 41.8 Å². The second-order valence-corrected chi connectivity index (χ2v) is 19.9. The average Bonchev–Trinajstić information content (AvgIpc) is 3.95. The van der Waals surface area contributed by atoms with E-state index in [2.05, 4.69) is 0 Å². The van der Waals surface area contributed by atoms with Gasteiger partial charge in [0.25, 0.3) is 0 Å². The fourth-order valence-corrected chi connectivity index (χ4v) is 14.0. The van der Waals surface area contributed by atoms with E-state index in [0.29, 0.717) is 43.5 Å². The summed E-state index contributed by atoms with van der Waals surface area (Å²) in [6.45, 7) is 1.52. The molecule has 0 saturated heterocycles. The van der Waals surface area contributed by atoms with Gasteiger partial charge < -0.3 is 0 Å². The number of benzene rings is 5. The normalized spacial score (nSPS) is 17.8. The van der Waals surface area contributed by atoms with Gasteiger partial charge in [0.1, 0.15) is 0 Å². The van der Waals surface area contributed by atoms with Crippen molar-refractivity contribution >= 4 is 42.4 Å². The van der Waals surface area contributed by atoms with Crippen LogP contribution in [0.2, 0.25) is 0 Å². The first-order valence-corrected chi connectivity index (χ1v) is 22.4. The topological polar surface area (TPSA) is 0 Å². The predicted molar refractivity (Wildman–Crippen MR) is 217 cm³/mol. The Kier molecular flexibility index (Phi) is 16.0. The molecule has 0 aliphatic heterocycles. The maximum atomic E-state index is 14.2. The second-order valence-electron chi connectivity index (χ2n) is 15.2. The fraction of sp³-hybridized carbons (Fsp3) is 0.348. The van der Waals surface area contributed by atoms with E-state index in [4.69, 9.17) is 0 Å². The van der Waals surface area contributed by atoms with Crippen LogP contribution in [0, 0.1) is 5.92 Å². The van der Waals surface area contributed by atoms with E-state index in [9.17, 15) is 52.7 Å². The molecule has 0 amide bonds. The Hall–Kier alpha value is -3.36. The van der Waals surface area contributed by atoms with Gasteiger partial charge >= 0.3 is 24.7 Å². The molecule has 5 aromatic carbocycles. The van der Waals surface area contributed by atoms with Gasteiger partial charge in [0.05, 0.1) is 22.3 Å². The van der Waals surface area contributed by atoms with Gasteiger partial charge in [0.2, 0.25) is 0 Å². The Morgan fingerprint density at radius 3 is 1.18 bits per heavy atom. The average molecular weight is 941 g/mol. The summed E-state index contributed by atoms with van der Waals surface area (Å²) in [5.74, 6) is -0.905. The van der Waals surface area contributed by atoms with E-state index >= 15 is 0 Å². The minimum absolute atomic E-state index is 0. The minimum atomic E-state index is -5.30. The third kappa shape index (κ3) is 12.0. The van der Waals surface area contributed by atoms with Gasteiger partial charge in [0.15, 0.2) is 0 Å². The van der Waals surface area contributed by atoms with Crippen molar-refractivity contribution in [2.24, 2.45) is 5.92 Å². The van der Waals surface area contributed by atoms with Gasteiger partial charge in [-0.25, -0.2) is 0 Å². The molecule has 3 atom stereocenters. The molecule has 0 bridgehead atoms. The summed E-state index contributed by atoms with van der Waals surface area (Å²) in [5.41, 5.74) is -6.92. The molecule has 61 heavy (non-hydrogen) atoms. The van der Waals surface area contributed by atoms with Gasteiger partial charge in [0, 0.05) is 17.1 Å². The van der Waals surface area contributed by atoms with Crippen LogP contribution in [0.15, 0.2) is 121 Å². The molecule has 0 spiro atoms. The molecule has 0 heterocycles. The number of halogens is 12. The first-order chi connectivity index (χ1) is 28.2. The van der Waals surface area contributed by atoms with E-state index < -0.39 is 85.0 Å². The van der Waals surface area contributed by atoms with Crippen molar-refractivity contribution in [3.8, 4) is 0 Å². The summed E-state index contributed by atoms with van der Waals surface area (Å²) in [4.78, 5) is 0. The minimum Gasteiger partial charge on any atom is -0.166 e. The third-order valence-electron chi connectivity index (χ3n) is 11.2. The zero-order chi connectivity index (χ0) is 43.5. The van der Waals surface area contributed by atoms with Crippen LogP contribution >= 0.6 is 15.8 Å². The summed E-state index contributed by atoms with van der Waals surface area (Å²) in [6, 6.07) is 28.4. The monoisotopic (exact) mass is 940 g/mol. The van der Waals surface area contributed by atoms with Crippen molar-refractivity contribution in [1.82, 2.24) is 0 Å². The second kappa shape index (κ2) is 20.0. The van der Waals surface area contributed by atoms with E-state index in [1.807, 2.05) is 84.9 Å². The Morgan fingerprint density at radius 1 is 0.443 bits per heavy atom. The molecule has 2 saturated carbocycles. The van der Waals surface area contributed by atoms with E-state index in [1.165, 1.54) is 39.0 Å². The predicted octanol–water partition coefficient (Wildman–Crippen LogP) is 13.9. The smallest absolute Gasteiger partial charge is 0.166 e. The van der Waals surface area contributed by atoms with Gasteiger partial charge in [-0.15, -0.1) is 0 Å². The first kappa shape index (κ1) is 48.7. The molecule has 328 valence electrons. The SMILES string of the molecule is C1CCCC1.C[C@@H](C1CCCC1c1ccccc1P(c1ccccc1)c1ccccc1)P(c1cc(C(F)(F)F)cc(C(F)(F)F)c1)c1cc(C(F)(F)F)cc(C(F)(F)F)c1.[Fe]. The van der Waals surface area contributed by atoms with Gasteiger partial charge in [-0.05, 0) is 115 Å². The first-order valence-electron chi connectivity index (χ1n) is 19.6. The van der Waals surface area contributed by atoms with Crippen LogP contribution in [-0.4, -0.2) is 5.66 Å². The standard InChI is InChI=1S/C41H32F12P2.C5H10.Fe/c1-25(34-16-10-17-35(34)36-15-8-9-18-37(36)55(30-11-4-2-5-12-30)31-13-6-3-7-14-31)54(32-21-26(38(42,43)44)19-27(22-32)39(45,46)47)33-23-28(40(48,49)50)20-29(24-33)41(51,52)53;1-2-4-5-3-1;/h2-9,11-15,18-25,34-35H,10,16-17H2,1H3;1-5H2;/t25-,34?,35?;;/m0../s1. The zero-order valence-corrected chi connectivity index (χ0v) is 35.6. The van der Waals surface area contributed by atoms with Crippen LogP contribution < -0.4 is 26.5 Å². The van der Waals surface area contributed by atoms with Crippen LogP contribution in [0.1, 0.15) is 92.0 Å². The molecular formula is C46H42F12FeP2. The summed E-state index contributed by atoms with van der Waals surface area (Å²) in [7, 11) is -3.89. The molecule has 15 heteroatoms. The van der Waals surface area contributed by atoms with Crippen molar-refractivity contribution in [3.63, 3.8) is 0 Å². The molecule has 5 aromatic rings. The van der Waals surface area contributed by atoms with Crippen LogP contribution in [0.4, 0.5) is 52.7 Å². The molecule has 2 unspecified atom stereocenters. The molecular weight excluding hydrogens is 898 g/mol. The maximum Gasteiger partial charge on any atom is 0.416 e. The molecule has 7 rings (SSSR count). The molecule has 0 radical (unpaired) electrons. The third-order valence-corrected chi connectivity index (χ3v) is 16.5. The number of alkyl halides is 12. The Labute approximate surface area is 360 Å². The van der Waals surface area contributed by atoms with E-state index in [0.717, 1.165) is 21.5 Å². The Morgan fingerprint density at radius 2 is 0.803 bits per heavy atom. The molecule has 2 aliphatic carbocycles. The number of rotatable bonds is 8. The molecule has 0 N–H and O–H groups in total. The summed E-state index contributed by atoms with van der Waals surface area (Å²) >= 11 is 0. The van der Waals surface area contributed by atoms with Crippen molar-refractivity contribution in [2.45, 2.75) is 94.6 Å². The number of hydrogen-bond acceptors (Lipinski definition) is 0. The molecule has 0 nitrogen and oxygen atoms in total. The number of hydrogen-bond donors (Lipinski definition) is 0. The summed E-state index contributed by atoms with van der Waals surface area (Å²) < 4.78 is 170. The van der Waals surface area contributed by atoms with Gasteiger partial charge in [-0.1, -0.05) is 130 Å². The Balaban J connectivity index is 0.00000109. The maximum absolute atomic E-state index is 14.2. The van der Waals surface area contributed by atoms with Gasteiger partial charge in [-0.3, -0.25) is 0 Å². The van der Waals surface area contributed by atoms with Crippen LogP contribution in [0.25, 0.3) is 0 Å².